The average molecular weight is 276 g/mol. The molecule has 7 heteroatoms. The fourth-order valence-corrected chi connectivity index (χ4v) is 1.72. The number of carbonyl (C=O) groups is 1. The highest BCUT2D eigenvalue weighted by Crippen LogP contribution is 2.35. The van der Waals surface area contributed by atoms with Crippen LogP contribution in [0.3, 0.4) is 0 Å². The highest BCUT2D eigenvalue weighted by atomic mass is 16.7. The Kier molecular flexibility index (Phi) is 3.02. The molecule has 0 fully saturated rings. The number of hydrogen-bond acceptors (Lipinski definition) is 7. The van der Waals surface area contributed by atoms with E-state index in [4.69, 9.17) is 18.6 Å². The summed E-state index contributed by atoms with van der Waals surface area (Å²) in [6.45, 7) is 3.68. The molecule has 0 unspecified atom stereocenters. The van der Waals surface area contributed by atoms with Crippen LogP contribution in [0, 0.1) is 0 Å². The molecule has 2 heterocycles. The largest absolute Gasteiger partial charge is 0.456 e. The normalized spacial score (nSPS) is 12.8. The lowest BCUT2D eigenvalue weighted by Crippen LogP contribution is -2.11. The van der Waals surface area contributed by atoms with Crippen LogP contribution in [0.15, 0.2) is 22.6 Å². The highest BCUT2D eigenvalue weighted by molar-refractivity contribution is 5.84. The van der Waals surface area contributed by atoms with Gasteiger partial charge in [-0.2, -0.15) is 0 Å². The third-order valence-corrected chi connectivity index (χ3v) is 2.56. The van der Waals surface area contributed by atoms with E-state index in [9.17, 15) is 4.79 Å². The number of fused-ring (bicyclic) bond motifs is 1. The van der Waals surface area contributed by atoms with Gasteiger partial charge in [-0.25, -0.2) is 4.79 Å². The lowest BCUT2D eigenvalue weighted by molar-refractivity contribution is 0.0332. The topological polar surface area (TPSA) is 83.7 Å². The zero-order valence-electron chi connectivity index (χ0n) is 11.0. The highest BCUT2D eigenvalue weighted by Gasteiger charge is 2.20. The third-order valence-electron chi connectivity index (χ3n) is 2.56. The van der Waals surface area contributed by atoms with Crippen molar-refractivity contribution in [3.8, 4) is 23.0 Å². The van der Waals surface area contributed by atoms with E-state index >= 15 is 0 Å². The molecule has 0 atom stereocenters. The Balaban J connectivity index is 1.85. The first-order valence-electron chi connectivity index (χ1n) is 6.08. The monoisotopic (exact) mass is 276 g/mol. The molecule has 1 aliphatic rings. The predicted octanol–water partition coefficient (Wildman–Crippen LogP) is 2.03. The van der Waals surface area contributed by atoms with Crippen molar-refractivity contribution < 1.29 is 23.4 Å². The number of aromatic nitrogens is 2. The van der Waals surface area contributed by atoms with Gasteiger partial charge < -0.3 is 18.6 Å². The Bertz CT molecular complexity index is 650. The Morgan fingerprint density at radius 2 is 2.05 bits per heavy atom. The molecule has 0 saturated carbocycles. The van der Waals surface area contributed by atoms with Crippen LogP contribution < -0.4 is 9.47 Å². The number of esters is 1. The number of benzene rings is 1. The van der Waals surface area contributed by atoms with Gasteiger partial charge in [-0.05, 0) is 32.0 Å². The van der Waals surface area contributed by atoms with Gasteiger partial charge in [0.05, 0.1) is 6.10 Å². The Morgan fingerprint density at radius 1 is 1.25 bits per heavy atom. The molecule has 7 nitrogen and oxygen atoms in total. The fraction of sp³-hybridized carbons (Fsp3) is 0.308. The van der Waals surface area contributed by atoms with Crippen molar-refractivity contribution in [3.63, 3.8) is 0 Å². The number of rotatable bonds is 3. The van der Waals surface area contributed by atoms with E-state index in [1.165, 1.54) is 0 Å². The summed E-state index contributed by atoms with van der Waals surface area (Å²) in [5.74, 6) is 0.671. The molecule has 2 aromatic rings. The fourth-order valence-electron chi connectivity index (χ4n) is 1.72. The number of ether oxygens (including phenoxy) is 3. The lowest BCUT2D eigenvalue weighted by Gasteiger charge is -2.03. The Labute approximate surface area is 114 Å². The van der Waals surface area contributed by atoms with Gasteiger partial charge in [-0.3, -0.25) is 0 Å². The number of nitrogens with zero attached hydrogens (tertiary/aromatic N) is 2. The van der Waals surface area contributed by atoms with Crippen molar-refractivity contribution in [2.24, 2.45) is 0 Å². The van der Waals surface area contributed by atoms with E-state index in [0.717, 1.165) is 0 Å². The van der Waals surface area contributed by atoms with Crippen molar-refractivity contribution >= 4 is 5.97 Å². The molecule has 0 N–H and O–H groups in total. The van der Waals surface area contributed by atoms with Crippen LogP contribution in [0.2, 0.25) is 0 Å². The van der Waals surface area contributed by atoms with Gasteiger partial charge in [0.1, 0.15) is 0 Å². The molecule has 0 aliphatic carbocycles. The maximum Gasteiger partial charge on any atom is 0.396 e. The van der Waals surface area contributed by atoms with Crippen LogP contribution in [0.1, 0.15) is 24.5 Å². The molecule has 0 saturated heterocycles. The lowest BCUT2D eigenvalue weighted by atomic mass is 10.2. The predicted molar refractivity (Wildman–Crippen MR) is 66.4 cm³/mol. The van der Waals surface area contributed by atoms with Crippen LogP contribution >= 0.6 is 0 Å². The summed E-state index contributed by atoms with van der Waals surface area (Å²) in [5.41, 5.74) is 0.644. The molecule has 0 spiro atoms. The minimum atomic E-state index is -0.639. The zero-order valence-corrected chi connectivity index (χ0v) is 11.0. The summed E-state index contributed by atoms with van der Waals surface area (Å²) in [4.78, 5) is 11.6. The SMILES string of the molecule is CC(C)OC(=O)c1nnc(-c2ccc3c(c2)OCO3)o1. The van der Waals surface area contributed by atoms with E-state index < -0.39 is 5.97 Å². The van der Waals surface area contributed by atoms with Gasteiger partial charge >= 0.3 is 11.9 Å². The summed E-state index contributed by atoms with van der Waals surface area (Å²) in [6, 6.07) is 5.21. The van der Waals surface area contributed by atoms with Crippen molar-refractivity contribution in [2.45, 2.75) is 20.0 Å². The first-order chi connectivity index (χ1) is 9.63. The van der Waals surface area contributed by atoms with E-state index in [1.54, 1.807) is 32.0 Å². The van der Waals surface area contributed by atoms with Crippen LogP contribution in [0.4, 0.5) is 0 Å². The summed E-state index contributed by atoms with van der Waals surface area (Å²) in [7, 11) is 0. The zero-order chi connectivity index (χ0) is 14.1. The van der Waals surface area contributed by atoms with E-state index in [2.05, 4.69) is 10.2 Å². The summed E-state index contributed by atoms with van der Waals surface area (Å²) >= 11 is 0. The molecule has 1 aromatic heterocycles. The standard InChI is InChI=1S/C13H12N2O5/c1-7(2)19-13(16)12-15-14-11(20-12)8-3-4-9-10(5-8)18-6-17-9/h3-5,7H,6H2,1-2H3. The van der Waals surface area contributed by atoms with Crippen molar-refractivity contribution in [1.82, 2.24) is 10.2 Å². The maximum absolute atomic E-state index is 11.6. The maximum atomic E-state index is 11.6. The first-order valence-corrected chi connectivity index (χ1v) is 6.08. The smallest absolute Gasteiger partial charge is 0.396 e. The molecule has 0 radical (unpaired) electrons. The van der Waals surface area contributed by atoms with Gasteiger partial charge in [0.15, 0.2) is 11.5 Å². The minimum absolute atomic E-state index is 0.175. The van der Waals surface area contributed by atoms with Crippen LogP contribution in [0.5, 0.6) is 11.5 Å². The van der Waals surface area contributed by atoms with E-state index in [-0.39, 0.29) is 24.7 Å². The molecule has 20 heavy (non-hydrogen) atoms. The van der Waals surface area contributed by atoms with Crippen LogP contribution in [0.25, 0.3) is 11.5 Å². The van der Waals surface area contributed by atoms with Crippen molar-refractivity contribution in [3.05, 3.63) is 24.1 Å². The summed E-state index contributed by atoms with van der Waals surface area (Å²) in [6.07, 6.45) is -0.247. The van der Waals surface area contributed by atoms with Crippen LogP contribution in [-0.2, 0) is 4.74 Å². The van der Waals surface area contributed by atoms with Gasteiger partial charge in [0.25, 0.3) is 0 Å². The number of hydrogen-bond donors (Lipinski definition) is 0. The molecule has 0 bridgehead atoms. The Morgan fingerprint density at radius 3 is 2.85 bits per heavy atom. The molecular formula is C13H12N2O5. The first kappa shape index (κ1) is 12.5. The van der Waals surface area contributed by atoms with Gasteiger partial charge in [-0.15, -0.1) is 10.2 Å². The average Bonchev–Trinajstić information content (AvgIpc) is 3.06. The molecule has 0 amide bonds. The Hall–Kier alpha value is -2.57. The van der Waals surface area contributed by atoms with Gasteiger partial charge in [0.2, 0.25) is 12.7 Å². The molecule has 104 valence electrons. The molecule has 1 aromatic carbocycles. The third kappa shape index (κ3) is 2.29. The summed E-state index contributed by atoms with van der Waals surface area (Å²) in [5, 5.41) is 7.50. The minimum Gasteiger partial charge on any atom is -0.456 e. The second-order valence-corrected chi connectivity index (χ2v) is 4.43. The van der Waals surface area contributed by atoms with Crippen molar-refractivity contribution in [2.75, 3.05) is 6.79 Å². The van der Waals surface area contributed by atoms with Gasteiger partial charge in [0, 0.05) is 5.56 Å². The molecule has 1 aliphatic heterocycles. The summed E-state index contributed by atoms with van der Waals surface area (Å²) < 4.78 is 20.8. The molecular weight excluding hydrogens is 264 g/mol. The molecule has 3 rings (SSSR count). The van der Waals surface area contributed by atoms with Crippen molar-refractivity contribution in [1.29, 1.82) is 0 Å². The quantitative estimate of drug-likeness (QED) is 0.793. The van der Waals surface area contributed by atoms with E-state index in [1.807, 2.05) is 0 Å². The van der Waals surface area contributed by atoms with E-state index in [0.29, 0.717) is 17.1 Å². The number of carbonyl (C=O) groups excluding carboxylic acids is 1. The van der Waals surface area contributed by atoms with Crippen LogP contribution in [-0.4, -0.2) is 29.1 Å². The second kappa shape index (κ2) is 4.84. The van der Waals surface area contributed by atoms with Gasteiger partial charge in [-0.1, -0.05) is 0 Å². The second-order valence-electron chi connectivity index (χ2n) is 4.43.